The van der Waals surface area contributed by atoms with Crippen molar-refractivity contribution in [1.29, 1.82) is 0 Å². The van der Waals surface area contributed by atoms with Crippen molar-refractivity contribution in [2.75, 3.05) is 36.5 Å². The summed E-state index contributed by atoms with van der Waals surface area (Å²) in [5, 5.41) is 25.1. The fourth-order valence-electron chi connectivity index (χ4n) is 6.58. The monoisotopic (exact) mass is 668 g/mol. The van der Waals surface area contributed by atoms with E-state index in [-0.39, 0.29) is 41.9 Å². The van der Waals surface area contributed by atoms with Gasteiger partial charge >= 0.3 is 0 Å². The zero-order valence-electron chi connectivity index (χ0n) is 30.4. The topological polar surface area (TPSA) is 158 Å². The first kappa shape index (κ1) is 35.7. The number of rotatable bonds is 10. The summed E-state index contributed by atoms with van der Waals surface area (Å²) in [4.78, 5) is 30.9. The van der Waals surface area contributed by atoms with Gasteiger partial charge in [-0.2, -0.15) is 5.10 Å². The van der Waals surface area contributed by atoms with E-state index in [4.69, 9.17) is 25.9 Å². The molecule has 0 aliphatic carbocycles. The number of aliphatic hydroxyl groups is 1. The minimum Gasteiger partial charge on any atom is -0.396 e. The number of benzene rings is 2. The van der Waals surface area contributed by atoms with Crippen LogP contribution in [0.2, 0.25) is 0 Å². The number of amides is 1. The number of nitrogens with zero attached hydrogens (tertiary/aromatic N) is 7. The summed E-state index contributed by atoms with van der Waals surface area (Å²) in [6, 6.07) is 12.2. The number of guanidine groups is 1. The van der Waals surface area contributed by atoms with Crippen LogP contribution in [0.15, 0.2) is 51.5 Å². The molecule has 0 bridgehead atoms. The molecule has 0 saturated carbocycles. The lowest BCUT2D eigenvalue weighted by molar-refractivity contribution is -0.119. The second-order valence-corrected chi connectivity index (χ2v) is 15.0. The summed E-state index contributed by atoms with van der Waals surface area (Å²) in [6.45, 7) is 20.4. The Labute approximate surface area is 290 Å². The molecule has 0 fully saturated rings. The second kappa shape index (κ2) is 14.1. The number of nitrogens with one attached hydrogen (secondary N) is 2. The fourth-order valence-corrected chi connectivity index (χ4v) is 6.58. The summed E-state index contributed by atoms with van der Waals surface area (Å²) >= 11 is 0. The SMILES string of the molecule is Cc1cc2c(cc1N=C1C(C(C)(C)C)=Nn3nc(C(C)CNC(=O)CN=C(N)Nc4ccccc4C)nc31)C(C)CC(C)(C)N2CCCO. The molecule has 3 aromatic rings. The van der Waals surface area contributed by atoms with Crippen LogP contribution in [0.4, 0.5) is 17.1 Å². The number of carbonyl (C=O) groups excluding carboxylic acids is 1. The summed E-state index contributed by atoms with van der Waals surface area (Å²) in [5.74, 6) is 1.26. The van der Waals surface area contributed by atoms with Gasteiger partial charge in [-0.3, -0.25) is 4.79 Å². The molecule has 5 rings (SSSR count). The first-order chi connectivity index (χ1) is 23.1. The Morgan fingerprint density at radius 2 is 1.92 bits per heavy atom. The third-order valence-electron chi connectivity index (χ3n) is 9.27. The Hall–Kier alpha value is -4.58. The van der Waals surface area contributed by atoms with E-state index in [1.807, 2.05) is 38.1 Å². The van der Waals surface area contributed by atoms with Crippen LogP contribution in [0.5, 0.6) is 0 Å². The highest BCUT2D eigenvalue weighted by Gasteiger charge is 2.38. The highest BCUT2D eigenvalue weighted by molar-refractivity contribution is 6.50. The number of aromatic nitrogens is 3. The van der Waals surface area contributed by atoms with E-state index in [9.17, 15) is 9.90 Å². The van der Waals surface area contributed by atoms with E-state index in [1.54, 1.807) is 4.79 Å². The number of aryl methyl sites for hydroxylation is 2. The third-order valence-corrected chi connectivity index (χ3v) is 9.27. The van der Waals surface area contributed by atoms with Crippen LogP contribution in [0.25, 0.3) is 0 Å². The number of nitrogens with two attached hydrogens (primary N) is 1. The predicted molar refractivity (Wildman–Crippen MR) is 199 cm³/mol. The molecule has 2 unspecified atom stereocenters. The average Bonchev–Trinajstić information content (AvgIpc) is 3.59. The Kier molecular flexibility index (Phi) is 10.3. The number of carbonyl (C=O) groups is 1. The molecule has 0 saturated heterocycles. The molecule has 5 N–H and O–H groups in total. The largest absolute Gasteiger partial charge is 0.396 e. The predicted octanol–water partition coefficient (Wildman–Crippen LogP) is 5.40. The van der Waals surface area contributed by atoms with Gasteiger partial charge in [0, 0.05) is 47.9 Å². The number of anilines is 2. The van der Waals surface area contributed by atoms with Crippen LogP contribution in [0, 0.1) is 19.3 Å². The van der Waals surface area contributed by atoms with Crippen LogP contribution in [-0.4, -0.2) is 75.1 Å². The lowest BCUT2D eigenvalue weighted by Gasteiger charge is -2.48. The van der Waals surface area contributed by atoms with Gasteiger partial charge in [0.2, 0.25) is 11.7 Å². The Morgan fingerprint density at radius 1 is 1.18 bits per heavy atom. The van der Waals surface area contributed by atoms with E-state index < -0.39 is 0 Å². The van der Waals surface area contributed by atoms with Gasteiger partial charge in [-0.25, -0.2) is 15.0 Å². The quantitative estimate of drug-likeness (QED) is 0.166. The zero-order chi connectivity index (χ0) is 35.7. The molecule has 0 radical (unpaired) electrons. The lowest BCUT2D eigenvalue weighted by Crippen LogP contribution is -2.49. The van der Waals surface area contributed by atoms with Crippen LogP contribution < -0.4 is 21.3 Å². The van der Waals surface area contributed by atoms with E-state index in [0.29, 0.717) is 29.8 Å². The van der Waals surface area contributed by atoms with Crippen LogP contribution in [-0.2, 0) is 4.79 Å². The molecular weight excluding hydrogens is 616 g/mol. The molecule has 1 amide bonds. The van der Waals surface area contributed by atoms with E-state index in [2.05, 4.69) is 81.1 Å². The number of aliphatic imine (C=N–C) groups is 2. The molecular formula is C37H52N10O2. The van der Waals surface area contributed by atoms with Gasteiger partial charge in [0.1, 0.15) is 12.3 Å². The van der Waals surface area contributed by atoms with Crippen molar-refractivity contribution in [3.63, 3.8) is 0 Å². The maximum absolute atomic E-state index is 12.6. The maximum atomic E-state index is 12.6. The fraction of sp³-hybridized carbons (Fsp3) is 0.514. The molecule has 0 spiro atoms. The molecule has 262 valence electrons. The molecule has 49 heavy (non-hydrogen) atoms. The van der Waals surface area contributed by atoms with Gasteiger partial charge in [-0.1, -0.05) is 52.8 Å². The van der Waals surface area contributed by atoms with Crippen LogP contribution in [0.3, 0.4) is 0 Å². The number of fused-ring (bicyclic) bond motifs is 2. The molecule has 12 heteroatoms. The van der Waals surface area contributed by atoms with Crippen molar-refractivity contribution in [2.45, 2.75) is 92.5 Å². The van der Waals surface area contributed by atoms with Crippen molar-refractivity contribution >= 4 is 40.4 Å². The highest BCUT2D eigenvalue weighted by atomic mass is 16.3. The van der Waals surface area contributed by atoms with Crippen molar-refractivity contribution in [3.05, 3.63) is 64.7 Å². The number of para-hydroxylation sites is 1. The average molecular weight is 669 g/mol. The first-order valence-electron chi connectivity index (χ1n) is 17.2. The van der Waals surface area contributed by atoms with Crippen molar-refractivity contribution in [2.24, 2.45) is 26.2 Å². The molecule has 2 aliphatic heterocycles. The van der Waals surface area contributed by atoms with Crippen molar-refractivity contribution in [3.8, 4) is 0 Å². The number of hydrogen-bond donors (Lipinski definition) is 4. The van der Waals surface area contributed by atoms with Gasteiger partial charge in [-0.15, -0.1) is 9.89 Å². The molecule has 12 nitrogen and oxygen atoms in total. The van der Waals surface area contributed by atoms with Crippen LogP contribution >= 0.6 is 0 Å². The Balaban J connectivity index is 1.35. The smallest absolute Gasteiger partial charge is 0.241 e. The molecule has 2 atom stereocenters. The van der Waals surface area contributed by atoms with Gasteiger partial charge in [0.05, 0.1) is 11.4 Å². The van der Waals surface area contributed by atoms with Gasteiger partial charge < -0.3 is 26.4 Å². The van der Waals surface area contributed by atoms with Crippen LogP contribution in [0.1, 0.15) is 101 Å². The van der Waals surface area contributed by atoms with Crippen molar-refractivity contribution < 1.29 is 9.90 Å². The van der Waals surface area contributed by atoms with Gasteiger partial charge in [0.15, 0.2) is 11.8 Å². The summed E-state index contributed by atoms with van der Waals surface area (Å²) in [7, 11) is 0. The zero-order valence-corrected chi connectivity index (χ0v) is 30.4. The number of aliphatic hydroxyl groups excluding tert-OH is 1. The third kappa shape index (κ3) is 7.85. The highest BCUT2D eigenvalue weighted by Crippen LogP contribution is 2.46. The normalized spacial score (nSPS) is 18.6. The van der Waals surface area contributed by atoms with E-state index in [1.165, 1.54) is 11.3 Å². The molecule has 3 heterocycles. The summed E-state index contributed by atoms with van der Waals surface area (Å²) < 4.78 is 0. The Bertz CT molecular complexity index is 1800. The number of hydrogen-bond acceptors (Lipinski definition) is 8. The Morgan fingerprint density at radius 3 is 2.61 bits per heavy atom. The summed E-state index contributed by atoms with van der Waals surface area (Å²) in [5.41, 5.74) is 13.5. The minimum atomic E-state index is -0.294. The van der Waals surface area contributed by atoms with E-state index in [0.717, 1.165) is 47.6 Å². The van der Waals surface area contributed by atoms with E-state index >= 15 is 0 Å². The molecule has 2 aromatic carbocycles. The maximum Gasteiger partial charge on any atom is 0.241 e. The van der Waals surface area contributed by atoms with Gasteiger partial charge in [0.25, 0.3) is 0 Å². The van der Waals surface area contributed by atoms with Gasteiger partial charge in [-0.05, 0) is 81.3 Å². The van der Waals surface area contributed by atoms with Crippen molar-refractivity contribution in [1.82, 2.24) is 20.2 Å². The minimum absolute atomic E-state index is 0.0126. The second-order valence-electron chi connectivity index (χ2n) is 15.0. The molecule has 1 aromatic heterocycles. The summed E-state index contributed by atoms with van der Waals surface area (Å²) in [6.07, 6.45) is 1.73. The standard InChI is InChI=1S/C37H52N10O2/c1-22-13-10-11-14-27(22)42-35(38)40-21-30(49)39-20-25(4)33-43-34-31(32(36(5,6)7)44-47(34)45-33)41-28-18-26-24(3)19-37(8,9)46(15-12-16-48)29(26)17-23(28)2/h10-11,13-14,17-18,24-25,48H,12,15-16,19-21H2,1-9H3,(H,39,49)(H3,38,40,42). The molecule has 2 aliphatic rings. The lowest BCUT2D eigenvalue weighted by atomic mass is 9.79. The first-order valence-corrected chi connectivity index (χ1v) is 17.2.